The number of halogens is 1. The molecule has 1 fully saturated rings. The number of nitrogens with zero attached hydrogens (tertiary/aromatic N) is 3. The van der Waals surface area contributed by atoms with Crippen LogP contribution in [0.3, 0.4) is 0 Å². The van der Waals surface area contributed by atoms with Crippen molar-refractivity contribution in [2.24, 2.45) is 11.3 Å². The molecule has 1 saturated heterocycles. The lowest BCUT2D eigenvalue weighted by Gasteiger charge is -2.35. The summed E-state index contributed by atoms with van der Waals surface area (Å²) in [5.41, 5.74) is 2.98. The third kappa shape index (κ3) is 6.93. The van der Waals surface area contributed by atoms with Gasteiger partial charge in [-0.2, -0.15) is 9.98 Å². The second-order valence-electron chi connectivity index (χ2n) is 12.2. The van der Waals surface area contributed by atoms with Crippen molar-refractivity contribution >= 4 is 43.2 Å². The summed E-state index contributed by atoms with van der Waals surface area (Å²) in [6, 6.07) is 12.4. The Morgan fingerprint density at radius 3 is 2.76 bits per heavy atom. The molecule has 42 heavy (non-hydrogen) atoms. The molecule has 0 spiro atoms. The Hall–Kier alpha value is -3.07. The van der Waals surface area contributed by atoms with Gasteiger partial charge in [0.15, 0.2) is 0 Å². The second kappa shape index (κ2) is 12.7. The fourth-order valence-electron chi connectivity index (χ4n) is 5.97. The summed E-state index contributed by atoms with van der Waals surface area (Å²) in [5.74, 6) is -0.0587. The van der Waals surface area contributed by atoms with Crippen molar-refractivity contribution in [1.29, 1.82) is 5.26 Å². The number of piperidine rings is 1. The number of aromatic nitrogens is 1. The minimum absolute atomic E-state index is 0.0606. The van der Waals surface area contributed by atoms with Gasteiger partial charge in [-0.05, 0) is 72.8 Å². The molecule has 3 heterocycles. The standard InChI is InChI=1S/C31H38FN5O3S2/c1-31(2)19-23-16-22(6-5-13-33)17-27(29(23)34-20-31)42(39,40)36-25(18-28-35-24-7-3-4-8-26(24)41-28)30(38)37-14-10-21(9-12-32)11-15-37/h3-4,7-8,16-17,21,25,34,36H,5-6,9-12,14-15,18-20H2,1-2H3/t25-/m0/s1. The number of rotatable bonds is 10. The minimum Gasteiger partial charge on any atom is -0.383 e. The molecule has 2 aromatic carbocycles. The van der Waals surface area contributed by atoms with Crippen molar-refractivity contribution in [3.05, 3.63) is 52.5 Å². The maximum atomic E-state index is 14.1. The number of amides is 1. The number of thiazole rings is 1. The Balaban J connectivity index is 1.47. The van der Waals surface area contributed by atoms with Gasteiger partial charge in [-0.15, -0.1) is 11.3 Å². The van der Waals surface area contributed by atoms with Gasteiger partial charge in [0, 0.05) is 32.5 Å². The summed E-state index contributed by atoms with van der Waals surface area (Å²) in [4.78, 5) is 20.4. The lowest BCUT2D eigenvalue weighted by atomic mass is 9.81. The van der Waals surface area contributed by atoms with Gasteiger partial charge >= 0.3 is 0 Å². The van der Waals surface area contributed by atoms with Crippen molar-refractivity contribution in [2.75, 3.05) is 31.6 Å². The largest absolute Gasteiger partial charge is 0.383 e. The summed E-state index contributed by atoms with van der Waals surface area (Å²) in [6.45, 7) is 5.43. The van der Waals surface area contributed by atoms with Crippen LogP contribution in [-0.4, -0.2) is 56.6 Å². The molecular weight excluding hydrogens is 574 g/mol. The molecule has 2 N–H and O–H groups in total. The number of aryl methyl sites for hydroxylation is 1. The molecule has 0 unspecified atom stereocenters. The molecule has 3 aromatic rings. The van der Waals surface area contributed by atoms with Crippen LogP contribution in [0.2, 0.25) is 0 Å². The Bertz CT molecular complexity index is 1560. The number of benzene rings is 2. The van der Waals surface area contributed by atoms with Crippen molar-refractivity contribution in [1.82, 2.24) is 14.6 Å². The van der Waals surface area contributed by atoms with E-state index in [-0.39, 0.29) is 41.7 Å². The topological polar surface area (TPSA) is 115 Å². The SMILES string of the molecule is CC1(C)CNc2c(cc(CCC#N)cc2S(=O)(=O)N[C@@H](Cc2nc3ccccc3s2)C(=O)N2CCC(CCF)CC2)C1. The van der Waals surface area contributed by atoms with E-state index in [1.165, 1.54) is 11.3 Å². The van der Waals surface area contributed by atoms with E-state index in [1.54, 1.807) is 11.0 Å². The van der Waals surface area contributed by atoms with Gasteiger partial charge < -0.3 is 10.2 Å². The molecule has 1 amide bonds. The number of hydrogen-bond acceptors (Lipinski definition) is 7. The highest BCUT2D eigenvalue weighted by Gasteiger charge is 2.35. The Morgan fingerprint density at radius 2 is 2.05 bits per heavy atom. The third-order valence-corrected chi connectivity index (χ3v) is 10.8. The van der Waals surface area contributed by atoms with E-state index >= 15 is 0 Å². The molecule has 0 radical (unpaired) electrons. The van der Waals surface area contributed by atoms with Crippen molar-refractivity contribution in [3.63, 3.8) is 0 Å². The van der Waals surface area contributed by atoms with Crippen molar-refractivity contribution in [2.45, 2.75) is 69.7 Å². The first kappa shape index (κ1) is 30.4. The summed E-state index contributed by atoms with van der Waals surface area (Å²) in [6.07, 6.45) is 3.42. The van der Waals surface area contributed by atoms with Gasteiger partial charge in [0.25, 0.3) is 0 Å². The number of nitriles is 1. The van der Waals surface area contributed by atoms with E-state index in [2.05, 4.69) is 34.9 Å². The van der Waals surface area contributed by atoms with Gasteiger partial charge in [0.1, 0.15) is 10.9 Å². The number of alkyl halides is 1. The number of anilines is 1. The van der Waals surface area contributed by atoms with Crippen LogP contribution in [0.25, 0.3) is 10.2 Å². The zero-order chi connectivity index (χ0) is 29.9. The molecule has 0 bridgehead atoms. The number of likely N-dealkylation sites (tertiary alicyclic amines) is 1. The predicted octanol–water partition coefficient (Wildman–Crippen LogP) is 5.23. The molecule has 2 aliphatic rings. The first-order chi connectivity index (χ1) is 20.1. The lowest BCUT2D eigenvalue weighted by molar-refractivity contribution is -0.134. The Labute approximate surface area is 251 Å². The lowest BCUT2D eigenvalue weighted by Crippen LogP contribution is -2.51. The third-order valence-electron chi connectivity index (χ3n) is 8.23. The van der Waals surface area contributed by atoms with Gasteiger partial charge in [0.05, 0.1) is 33.7 Å². The summed E-state index contributed by atoms with van der Waals surface area (Å²) in [5, 5.41) is 13.2. The van der Waals surface area contributed by atoms with Gasteiger partial charge in [-0.1, -0.05) is 32.0 Å². The molecule has 224 valence electrons. The first-order valence-electron chi connectivity index (χ1n) is 14.6. The number of para-hydroxylation sites is 1. The average molecular weight is 612 g/mol. The van der Waals surface area contributed by atoms with Crippen LogP contribution in [0.15, 0.2) is 41.3 Å². The molecule has 1 aromatic heterocycles. The quantitative estimate of drug-likeness (QED) is 0.324. The number of nitrogens with one attached hydrogen (secondary N) is 2. The highest BCUT2D eigenvalue weighted by Crippen LogP contribution is 2.38. The van der Waals surface area contributed by atoms with E-state index in [9.17, 15) is 17.6 Å². The van der Waals surface area contributed by atoms with Crippen molar-refractivity contribution in [3.8, 4) is 6.07 Å². The van der Waals surface area contributed by atoms with Crippen LogP contribution < -0.4 is 10.0 Å². The number of carbonyl (C=O) groups excluding carboxylic acids is 1. The zero-order valence-corrected chi connectivity index (χ0v) is 25.8. The van der Waals surface area contributed by atoms with E-state index in [1.807, 2.05) is 30.3 Å². The van der Waals surface area contributed by atoms with E-state index in [0.29, 0.717) is 62.4 Å². The van der Waals surface area contributed by atoms with Crippen LogP contribution >= 0.6 is 11.3 Å². The second-order valence-corrected chi connectivity index (χ2v) is 15.0. The first-order valence-corrected chi connectivity index (χ1v) is 16.9. The zero-order valence-electron chi connectivity index (χ0n) is 24.2. The molecule has 0 saturated carbocycles. The minimum atomic E-state index is -4.15. The van der Waals surface area contributed by atoms with Gasteiger partial charge in [-0.25, -0.2) is 13.4 Å². The van der Waals surface area contributed by atoms with Gasteiger partial charge in [-0.3, -0.25) is 9.18 Å². The highest BCUT2D eigenvalue weighted by atomic mass is 32.2. The molecule has 8 nitrogen and oxygen atoms in total. The van der Waals surface area contributed by atoms with Crippen LogP contribution in [0.4, 0.5) is 10.1 Å². The summed E-state index contributed by atoms with van der Waals surface area (Å²) in [7, 11) is -4.15. The highest BCUT2D eigenvalue weighted by molar-refractivity contribution is 7.89. The molecule has 5 rings (SSSR count). The van der Waals surface area contributed by atoms with Crippen LogP contribution in [0.5, 0.6) is 0 Å². The van der Waals surface area contributed by atoms with E-state index in [4.69, 9.17) is 5.26 Å². The van der Waals surface area contributed by atoms with Gasteiger partial charge in [0.2, 0.25) is 15.9 Å². The summed E-state index contributed by atoms with van der Waals surface area (Å²) < 4.78 is 44.9. The maximum absolute atomic E-state index is 14.1. The Kier molecular flexibility index (Phi) is 9.16. The fourth-order valence-corrected chi connectivity index (χ4v) is 8.44. The summed E-state index contributed by atoms with van der Waals surface area (Å²) >= 11 is 1.45. The Morgan fingerprint density at radius 1 is 1.29 bits per heavy atom. The molecule has 2 aliphatic heterocycles. The van der Waals surface area contributed by atoms with Crippen LogP contribution in [0, 0.1) is 22.7 Å². The predicted molar refractivity (Wildman–Crippen MR) is 164 cm³/mol. The normalized spacial score (nSPS) is 17.8. The molecule has 0 aliphatic carbocycles. The molecule has 1 atom stereocenters. The maximum Gasteiger partial charge on any atom is 0.243 e. The van der Waals surface area contributed by atoms with E-state index < -0.39 is 16.1 Å². The van der Waals surface area contributed by atoms with E-state index in [0.717, 1.165) is 21.3 Å². The smallest absolute Gasteiger partial charge is 0.243 e. The number of sulfonamides is 1. The monoisotopic (exact) mass is 611 g/mol. The molecule has 11 heteroatoms. The molecular formula is C31H38FN5O3S2. The number of carbonyl (C=O) groups is 1. The van der Waals surface area contributed by atoms with Crippen LogP contribution in [-0.2, 0) is 34.1 Å². The van der Waals surface area contributed by atoms with Crippen molar-refractivity contribution < 1.29 is 17.6 Å². The average Bonchev–Trinajstić information content (AvgIpc) is 3.37. The fraction of sp³-hybridized carbons (Fsp3) is 0.516. The number of fused-ring (bicyclic) bond motifs is 2. The number of hydrogen-bond donors (Lipinski definition) is 2. The van der Waals surface area contributed by atoms with Crippen LogP contribution in [0.1, 0.15) is 55.7 Å².